The van der Waals surface area contributed by atoms with E-state index >= 15 is 0 Å². The molecule has 5 heteroatoms. The molecule has 0 radical (unpaired) electrons. The molecule has 1 aliphatic carbocycles. The van der Waals surface area contributed by atoms with Crippen LogP contribution in [0.15, 0.2) is 35.7 Å². The molecule has 0 atom stereocenters. The van der Waals surface area contributed by atoms with Gasteiger partial charge in [0.05, 0.1) is 19.6 Å². The van der Waals surface area contributed by atoms with Gasteiger partial charge in [0.1, 0.15) is 0 Å². The number of hydrogen-bond acceptors (Lipinski definition) is 4. The largest absolute Gasteiger partial charge is 0.493 e. The van der Waals surface area contributed by atoms with Crippen LogP contribution in [0.2, 0.25) is 0 Å². The highest BCUT2D eigenvalue weighted by molar-refractivity contribution is 7.10. The summed E-state index contributed by atoms with van der Waals surface area (Å²) in [4.78, 5) is 14.2. The zero-order chi connectivity index (χ0) is 16.3. The molecule has 122 valence electrons. The third-order valence-electron chi connectivity index (χ3n) is 4.53. The number of rotatable bonds is 5. The van der Waals surface area contributed by atoms with Gasteiger partial charge in [-0.2, -0.15) is 0 Å². The SMILES string of the molecule is COc1ccc(NC(=O)C2(c3cccs3)CCCC2)cc1OC. The predicted octanol–water partition coefficient (Wildman–Crippen LogP) is 4.22. The van der Waals surface area contributed by atoms with Crippen LogP contribution < -0.4 is 14.8 Å². The molecule has 1 aromatic carbocycles. The molecule has 0 aliphatic heterocycles. The van der Waals surface area contributed by atoms with Gasteiger partial charge in [-0.3, -0.25) is 4.79 Å². The molecule has 1 N–H and O–H groups in total. The maximum atomic E-state index is 13.0. The van der Waals surface area contributed by atoms with Gasteiger partial charge in [-0.15, -0.1) is 11.3 Å². The average Bonchev–Trinajstić information content (AvgIpc) is 3.26. The lowest BCUT2D eigenvalue weighted by molar-refractivity contribution is -0.121. The maximum absolute atomic E-state index is 13.0. The third kappa shape index (κ3) is 2.93. The Morgan fingerprint density at radius 1 is 1.13 bits per heavy atom. The monoisotopic (exact) mass is 331 g/mol. The molecule has 1 amide bonds. The molecule has 4 nitrogen and oxygen atoms in total. The Bertz CT molecular complexity index is 676. The average molecular weight is 331 g/mol. The number of benzene rings is 1. The zero-order valence-corrected chi connectivity index (χ0v) is 14.2. The molecule has 0 spiro atoms. The van der Waals surface area contributed by atoms with Crippen molar-refractivity contribution < 1.29 is 14.3 Å². The minimum absolute atomic E-state index is 0.0738. The summed E-state index contributed by atoms with van der Waals surface area (Å²) in [5.41, 5.74) is 0.344. The highest BCUT2D eigenvalue weighted by atomic mass is 32.1. The molecule has 1 fully saturated rings. The van der Waals surface area contributed by atoms with Crippen LogP contribution in [0.1, 0.15) is 30.6 Å². The van der Waals surface area contributed by atoms with Crippen LogP contribution in [-0.2, 0) is 10.2 Å². The van der Waals surface area contributed by atoms with Gasteiger partial charge in [0, 0.05) is 16.6 Å². The topological polar surface area (TPSA) is 47.6 Å². The smallest absolute Gasteiger partial charge is 0.235 e. The van der Waals surface area contributed by atoms with Crippen LogP contribution in [0.25, 0.3) is 0 Å². The van der Waals surface area contributed by atoms with Crippen molar-refractivity contribution in [3.63, 3.8) is 0 Å². The number of methoxy groups -OCH3 is 2. The normalized spacial score (nSPS) is 16.1. The standard InChI is InChI=1S/C18H21NO3S/c1-21-14-8-7-13(12-15(14)22-2)19-17(20)18(9-3-4-10-18)16-6-5-11-23-16/h5-8,11-12H,3-4,9-10H2,1-2H3,(H,19,20). The first-order valence-corrected chi connectivity index (χ1v) is 8.65. The van der Waals surface area contributed by atoms with Crippen LogP contribution in [0.4, 0.5) is 5.69 Å². The Morgan fingerprint density at radius 3 is 2.48 bits per heavy atom. The van der Waals surface area contributed by atoms with E-state index in [1.807, 2.05) is 17.5 Å². The van der Waals surface area contributed by atoms with Crippen LogP contribution in [0.3, 0.4) is 0 Å². The lowest BCUT2D eigenvalue weighted by atomic mass is 9.83. The van der Waals surface area contributed by atoms with Gasteiger partial charge >= 0.3 is 0 Å². The molecule has 3 rings (SSSR count). The van der Waals surface area contributed by atoms with Crippen LogP contribution in [-0.4, -0.2) is 20.1 Å². The molecule has 23 heavy (non-hydrogen) atoms. The highest BCUT2D eigenvalue weighted by Crippen LogP contribution is 2.44. The first-order valence-electron chi connectivity index (χ1n) is 7.77. The van der Waals surface area contributed by atoms with Crippen LogP contribution in [0, 0.1) is 0 Å². The molecule has 1 aliphatic rings. The second kappa shape index (κ2) is 6.62. The molecule has 0 bridgehead atoms. The maximum Gasteiger partial charge on any atom is 0.235 e. The Labute approximate surface area is 140 Å². The fraction of sp³-hybridized carbons (Fsp3) is 0.389. The number of nitrogens with one attached hydrogen (secondary N) is 1. The van der Waals surface area contributed by atoms with Crippen molar-refractivity contribution >= 4 is 22.9 Å². The van der Waals surface area contributed by atoms with Gasteiger partial charge in [0.15, 0.2) is 11.5 Å². The number of carbonyl (C=O) groups is 1. The number of carbonyl (C=O) groups excluding carboxylic acids is 1. The lowest BCUT2D eigenvalue weighted by Crippen LogP contribution is -2.37. The molecule has 0 saturated heterocycles. The van der Waals surface area contributed by atoms with Crippen molar-refractivity contribution in [2.45, 2.75) is 31.1 Å². The quantitative estimate of drug-likeness (QED) is 0.892. The number of amides is 1. The van der Waals surface area contributed by atoms with Crippen molar-refractivity contribution in [2.24, 2.45) is 0 Å². The number of thiophene rings is 1. The summed E-state index contributed by atoms with van der Waals surface area (Å²) in [5, 5.41) is 5.11. The summed E-state index contributed by atoms with van der Waals surface area (Å²) < 4.78 is 10.5. The Hall–Kier alpha value is -2.01. The van der Waals surface area contributed by atoms with E-state index in [2.05, 4.69) is 11.4 Å². The first-order chi connectivity index (χ1) is 11.2. The summed E-state index contributed by atoms with van der Waals surface area (Å²) in [6, 6.07) is 9.54. The minimum atomic E-state index is -0.388. The lowest BCUT2D eigenvalue weighted by Gasteiger charge is -2.26. The van der Waals surface area contributed by atoms with Crippen LogP contribution in [0.5, 0.6) is 11.5 Å². The van der Waals surface area contributed by atoms with Gasteiger partial charge < -0.3 is 14.8 Å². The first kappa shape index (κ1) is 15.9. The number of anilines is 1. The number of hydrogen-bond donors (Lipinski definition) is 1. The van der Waals surface area contributed by atoms with E-state index in [1.165, 1.54) is 0 Å². The molecular formula is C18H21NO3S. The highest BCUT2D eigenvalue weighted by Gasteiger charge is 2.43. The van der Waals surface area contributed by atoms with E-state index in [1.54, 1.807) is 37.7 Å². The van der Waals surface area contributed by atoms with Crippen LogP contribution >= 0.6 is 11.3 Å². The van der Waals surface area contributed by atoms with E-state index < -0.39 is 0 Å². The van der Waals surface area contributed by atoms with E-state index in [9.17, 15) is 4.79 Å². The Balaban J connectivity index is 1.86. The van der Waals surface area contributed by atoms with Crippen molar-refractivity contribution in [1.82, 2.24) is 0 Å². The molecule has 1 heterocycles. The second-order valence-electron chi connectivity index (χ2n) is 5.79. The fourth-order valence-corrected chi connectivity index (χ4v) is 4.26. The van der Waals surface area contributed by atoms with Crippen molar-refractivity contribution in [3.05, 3.63) is 40.6 Å². The summed E-state index contributed by atoms with van der Waals surface area (Å²) in [6.07, 6.45) is 4.01. The summed E-state index contributed by atoms with van der Waals surface area (Å²) in [7, 11) is 3.19. The van der Waals surface area contributed by atoms with Crippen molar-refractivity contribution in [3.8, 4) is 11.5 Å². The van der Waals surface area contributed by atoms with Crippen molar-refractivity contribution in [2.75, 3.05) is 19.5 Å². The minimum Gasteiger partial charge on any atom is -0.493 e. The van der Waals surface area contributed by atoms with Gasteiger partial charge in [0.25, 0.3) is 0 Å². The third-order valence-corrected chi connectivity index (χ3v) is 5.60. The number of ether oxygens (including phenoxy) is 2. The summed E-state index contributed by atoms with van der Waals surface area (Å²) in [5.74, 6) is 1.34. The Morgan fingerprint density at radius 2 is 1.87 bits per heavy atom. The van der Waals surface area contributed by atoms with E-state index in [0.29, 0.717) is 11.5 Å². The molecule has 1 aromatic heterocycles. The fourth-order valence-electron chi connectivity index (χ4n) is 3.28. The second-order valence-corrected chi connectivity index (χ2v) is 6.74. The Kier molecular flexibility index (Phi) is 4.57. The van der Waals surface area contributed by atoms with Gasteiger partial charge in [-0.25, -0.2) is 0 Å². The van der Waals surface area contributed by atoms with E-state index in [4.69, 9.17) is 9.47 Å². The van der Waals surface area contributed by atoms with Gasteiger partial charge in [0.2, 0.25) is 5.91 Å². The molecule has 2 aromatic rings. The summed E-state index contributed by atoms with van der Waals surface area (Å²) in [6.45, 7) is 0. The van der Waals surface area contributed by atoms with E-state index in [0.717, 1.165) is 36.2 Å². The van der Waals surface area contributed by atoms with Crippen molar-refractivity contribution in [1.29, 1.82) is 0 Å². The van der Waals surface area contributed by atoms with E-state index in [-0.39, 0.29) is 11.3 Å². The van der Waals surface area contributed by atoms with Gasteiger partial charge in [-0.1, -0.05) is 18.9 Å². The summed E-state index contributed by atoms with van der Waals surface area (Å²) >= 11 is 1.67. The molecule has 1 saturated carbocycles. The molecular weight excluding hydrogens is 310 g/mol. The molecule has 0 unspecified atom stereocenters. The zero-order valence-electron chi connectivity index (χ0n) is 13.4. The predicted molar refractivity (Wildman–Crippen MR) is 92.6 cm³/mol. The van der Waals surface area contributed by atoms with Gasteiger partial charge in [-0.05, 0) is 36.4 Å².